The summed E-state index contributed by atoms with van der Waals surface area (Å²) in [5, 5.41) is 8.92. The average molecular weight is 318 g/mol. The van der Waals surface area contributed by atoms with E-state index < -0.39 is 0 Å². The van der Waals surface area contributed by atoms with Crippen molar-refractivity contribution in [1.29, 1.82) is 0 Å². The van der Waals surface area contributed by atoms with Gasteiger partial charge in [-0.2, -0.15) is 0 Å². The smallest absolute Gasteiger partial charge is 0.305 e. The van der Waals surface area contributed by atoms with Gasteiger partial charge >= 0.3 is 5.97 Å². The van der Waals surface area contributed by atoms with Crippen LogP contribution in [0.25, 0.3) is 0 Å². The molecule has 5 heteroatoms. The molecule has 0 saturated heterocycles. The van der Waals surface area contributed by atoms with Crippen LogP contribution in [0.15, 0.2) is 0 Å². The second-order valence-electron chi connectivity index (χ2n) is 5.62. The monoisotopic (exact) mass is 318 g/mol. The summed E-state index contributed by atoms with van der Waals surface area (Å²) in [5.41, 5.74) is 0. The minimum absolute atomic E-state index is 0.0100. The maximum atomic E-state index is 10.9. The van der Waals surface area contributed by atoms with Crippen molar-refractivity contribution in [2.24, 2.45) is 0 Å². The number of ether oxygens (including phenoxy) is 3. The molecule has 22 heavy (non-hydrogen) atoms. The summed E-state index contributed by atoms with van der Waals surface area (Å²) in [6.07, 6.45) is 10.9. The molecule has 5 nitrogen and oxygen atoms in total. The third kappa shape index (κ3) is 14.3. The lowest BCUT2D eigenvalue weighted by Gasteiger charge is -2.12. The van der Waals surface area contributed by atoms with Gasteiger partial charge in [-0.3, -0.25) is 4.79 Å². The summed E-state index contributed by atoms with van der Waals surface area (Å²) in [4.78, 5) is 10.9. The second-order valence-corrected chi connectivity index (χ2v) is 5.62. The highest BCUT2D eigenvalue weighted by Crippen LogP contribution is 2.11. The molecule has 132 valence electrons. The Morgan fingerprint density at radius 3 is 1.95 bits per heavy atom. The summed E-state index contributed by atoms with van der Waals surface area (Å²) in [5.74, 6) is -0.0990. The number of methoxy groups -OCH3 is 2. The van der Waals surface area contributed by atoms with Crippen molar-refractivity contribution in [2.45, 2.75) is 70.3 Å². The molecule has 1 N–H and O–H groups in total. The molecule has 0 saturated carbocycles. The molecule has 1 atom stereocenters. The number of hydrogen-bond acceptors (Lipinski definition) is 5. The van der Waals surface area contributed by atoms with Gasteiger partial charge in [-0.25, -0.2) is 0 Å². The lowest BCUT2D eigenvalue weighted by molar-refractivity contribution is -0.140. The molecule has 0 aromatic carbocycles. The highest BCUT2D eigenvalue weighted by atomic mass is 16.5. The largest absolute Gasteiger partial charge is 0.469 e. The zero-order valence-corrected chi connectivity index (χ0v) is 14.3. The van der Waals surface area contributed by atoms with E-state index in [0.29, 0.717) is 13.0 Å². The summed E-state index contributed by atoms with van der Waals surface area (Å²) >= 11 is 0. The number of rotatable bonds is 16. The van der Waals surface area contributed by atoms with Gasteiger partial charge in [-0.05, 0) is 12.8 Å². The van der Waals surface area contributed by atoms with Crippen molar-refractivity contribution < 1.29 is 24.1 Å². The predicted octanol–water partition coefficient (Wildman–Crippen LogP) is 3.08. The van der Waals surface area contributed by atoms with Gasteiger partial charge in [0.05, 0.1) is 20.3 Å². The van der Waals surface area contributed by atoms with Gasteiger partial charge in [-0.15, -0.1) is 0 Å². The molecule has 1 unspecified atom stereocenters. The SMILES string of the molecule is COC(=O)CCCCCCCCCCCOCC(CO)OC. The molecule has 0 amide bonds. The molecular weight excluding hydrogens is 284 g/mol. The Balaban J connectivity index is 3.10. The van der Waals surface area contributed by atoms with Crippen LogP contribution in [-0.2, 0) is 19.0 Å². The number of unbranched alkanes of at least 4 members (excludes halogenated alkanes) is 8. The first-order chi connectivity index (χ1) is 10.7. The van der Waals surface area contributed by atoms with Crippen molar-refractivity contribution in [3.63, 3.8) is 0 Å². The maximum absolute atomic E-state index is 10.9. The van der Waals surface area contributed by atoms with Crippen molar-refractivity contribution in [1.82, 2.24) is 0 Å². The van der Waals surface area contributed by atoms with Crippen LogP contribution in [0.3, 0.4) is 0 Å². The Labute approximate surface area is 135 Å². The fraction of sp³-hybridized carbons (Fsp3) is 0.941. The fourth-order valence-electron chi connectivity index (χ4n) is 2.22. The zero-order chi connectivity index (χ0) is 16.5. The molecule has 0 fully saturated rings. The Kier molecular flexibility index (Phi) is 16.2. The van der Waals surface area contributed by atoms with E-state index in [1.165, 1.54) is 45.6 Å². The van der Waals surface area contributed by atoms with Crippen LogP contribution in [-0.4, -0.2) is 51.2 Å². The fourth-order valence-corrected chi connectivity index (χ4v) is 2.22. The lowest BCUT2D eigenvalue weighted by Crippen LogP contribution is -2.22. The van der Waals surface area contributed by atoms with E-state index in [0.717, 1.165) is 25.9 Å². The summed E-state index contributed by atoms with van der Waals surface area (Å²) in [6, 6.07) is 0. The number of aliphatic hydroxyl groups excluding tert-OH is 1. The second kappa shape index (κ2) is 16.7. The van der Waals surface area contributed by atoms with Gasteiger partial charge in [0.1, 0.15) is 6.10 Å². The Morgan fingerprint density at radius 1 is 0.909 bits per heavy atom. The molecule has 0 aliphatic rings. The highest BCUT2D eigenvalue weighted by molar-refractivity contribution is 5.68. The molecule has 0 rings (SSSR count). The lowest BCUT2D eigenvalue weighted by atomic mass is 10.1. The van der Waals surface area contributed by atoms with Crippen molar-refractivity contribution in [3.8, 4) is 0 Å². The minimum Gasteiger partial charge on any atom is -0.469 e. The van der Waals surface area contributed by atoms with Crippen LogP contribution in [0.5, 0.6) is 0 Å². The maximum Gasteiger partial charge on any atom is 0.305 e. The molecule has 0 aromatic heterocycles. The van der Waals surface area contributed by atoms with Gasteiger partial charge in [-0.1, -0.05) is 44.9 Å². The Hall–Kier alpha value is -0.650. The topological polar surface area (TPSA) is 65.0 Å². The zero-order valence-electron chi connectivity index (χ0n) is 14.3. The normalized spacial score (nSPS) is 12.3. The van der Waals surface area contributed by atoms with Gasteiger partial charge < -0.3 is 19.3 Å². The third-order valence-corrected chi connectivity index (χ3v) is 3.74. The summed E-state index contributed by atoms with van der Waals surface area (Å²) in [6.45, 7) is 1.22. The molecule has 0 aliphatic heterocycles. The molecule has 0 aliphatic carbocycles. The van der Waals surface area contributed by atoms with Gasteiger partial charge in [0, 0.05) is 20.1 Å². The first-order valence-electron chi connectivity index (χ1n) is 8.52. The standard InChI is InChI=1S/C17H34O5/c1-20-16(14-18)15-22-13-11-9-7-5-3-4-6-8-10-12-17(19)21-2/h16,18H,3-15H2,1-2H3. The van der Waals surface area contributed by atoms with Crippen molar-refractivity contribution in [2.75, 3.05) is 34.0 Å². The number of carbonyl (C=O) groups excluding carboxylic acids is 1. The van der Waals surface area contributed by atoms with E-state index in [2.05, 4.69) is 4.74 Å². The molecule has 0 bridgehead atoms. The van der Waals surface area contributed by atoms with Crippen LogP contribution in [0.4, 0.5) is 0 Å². The molecule has 0 heterocycles. The molecule has 0 aromatic rings. The first kappa shape index (κ1) is 21.4. The predicted molar refractivity (Wildman–Crippen MR) is 86.9 cm³/mol. The van der Waals surface area contributed by atoms with Crippen LogP contribution in [0, 0.1) is 0 Å². The van der Waals surface area contributed by atoms with Crippen molar-refractivity contribution in [3.05, 3.63) is 0 Å². The molecule has 0 radical (unpaired) electrons. The van der Waals surface area contributed by atoms with Crippen LogP contribution < -0.4 is 0 Å². The van der Waals surface area contributed by atoms with E-state index in [1.54, 1.807) is 7.11 Å². The van der Waals surface area contributed by atoms with Crippen LogP contribution in [0.1, 0.15) is 64.2 Å². The Bertz CT molecular complexity index is 241. The molecular formula is C17H34O5. The highest BCUT2D eigenvalue weighted by Gasteiger charge is 2.04. The van der Waals surface area contributed by atoms with E-state index in [-0.39, 0.29) is 18.7 Å². The van der Waals surface area contributed by atoms with Gasteiger partial charge in [0.15, 0.2) is 0 Å². The number of aliphatic hydroxyl groups is 1. The Morgan fingerprint density at radius 2 is 1.45 bits per heavy atom. The third-order valence-electron chi connectivity index (χ3n) is 3.74. The van der Waals surface area contributed by atoms with Crippen LogP contribution >= 0.6 is 0 Å². The number of esters is 1. The quantitative estimate of drug-likeness (QED) is 0.350. The van der Waals surface area contributed by atoms with Gasteiger partial charge in [0.2, 0.25) is 0 Å². The van der Waals surface area contributed by atoms with E-state index in [9.17, 15) is 4.79 Å². The van der Waals surface area contributed by atoms with E-state index in [4.69, 9.17) is 14.6 Å². The number of hydrogen-bond donors (Lipinski definition) is 1. The van der Waals surface area contributed by atoms with E-state index >= 15 is 0 Å². The summed E-state index contributed by atoms with van der Waals surface area (Å²) in [7, 11) is 3.02. The minimum atomic E-state index is -0.195. The average Bonchev–Trinajstić information content (AvgIpc) is 2.55. The van der Waals surface area contributed by atoms with Gasteiger partial charge in [0.25, 0.3) is 0 Å². The summed E-state index contributed by atoms with van der Waals surface area (Å²) < 4.78 is 15.1. The van der Waals surface area contributed by atoms with Crippen LogP contribution in [0.2, 0.25) is 0 Å². The first-order valence-corrected chi connectivity index (χ1v) is 8.52. The number of carbonyl (C=O) groups is 1. The van der Waals surface area contributed by atoms with E-state index in [1.807, 2.05) is 0 Å². The van der Waals surface area contributed by atoms with Crippen molar-refractivity contribution >= 4 is 5.97 Å². The molecule has 0 spiro atoms.